The van der Waals surface area contributed by atoms with Gasteiger partial charge in [0.1, 0.15) is 5.75 Å². The normalized spacial score (nSPS) is 20.0. The molecule has 7 heteroatoms. The Bertz CT molecular complexity index is 420. The van der Waals surface area contributed by atoms with Crippen LogP contribution in [-0.2, 0) is 19.4 Å². The topological polar surface area (TPSA) is 91.8 Å². The summed E-state index contributed by atoms with van der Waals surface area (Å²) in [5.41, 5.74) is -0.804. The summed E-state index contributed by atoms with van der Waals surface area (Å²) in [6.07, 6.45) is 1.73. The van der Waals surface area contributed by atoms with Gasteiger partial charge in [-0.15, -0.1) is 0 Å². The molecular formula is C10H17NO5S. The molecule has 1 N–H and O–H groups in total. The highest BCUT2D eigenvalue weighted by Crippen LogP contribution is 2.30. The molecule has 0 radical (unpaired) electrons. The van der Waals surface area contributed by atoms with E-state index in [1.807, 2.05) is 0 Å². The smallest absolute Gasteiger partial charge is 0.309 e. The molecule has 6 nitrogen and oxygen atoms in total. The Morgan fingerprint density at radius 2 is 1.76 bits per heavy atom. The Morgan fingerprint density at radius 3 is 2.12 bits per heavy atom. The van der Waals surface area contributed by atoms with Gasteiger partial charge in [0, 0.05) is 19.3 Å². The number of carboxylic acids is 1. The number of hydrogen-bond donors (Lipinski definition) is 1. The van der Waals surface area contributed by atoms with Gasteiger partial charge < -0.3 is 10.0 Å². The first kappa shape index (κ1) is 14.0. The van der Waals surface area contributed by atoms with Crippen molar-refractivity contribution in [2.24, 2.45) is 5.41 Å². The fourth-order valence-electron chi connectivity index (χ4n) is 1.78. The van der Waals surface area contributed by atoms with Gasteiger partial charge in [-0.1, -0.05) is 0 Å². The average molecular weight is 263 g/mol. The highest BCUT2D eigenvalue weighted by Gasteiger charge is 2.38. The van der Waals surface area contributed by atoms with Crippen LogP contribution in [0.4, 0.5) is 0 Å². The number of carbonyl (C=O) groups excluding carboxylic acids is 1. The van der Waals surface area contributed by atoms with Crippen molar-refractivity contribution in [3.05, 3.63) is 0 Å². The number of amides is 1. The first-order chi connectivity index (χ1) is 7.64. The molecule has 0 aromatic heterocycles. The van der Waals surface area contributed by atoms with Crippen molar-refractivity contribution in [3.63, 3.8) is 0 Å². The van der Waals surface area contributed by atoms with Crippen LogP contribution in [0.15, 0.2) is 0 Å². The summed E-state index contributed by atoms with van der Waals surface area (Å²) < 4.78 is 22.0. The standard InChI is InChI=1S/C10H17NO5S/c1-10(9(13)14)3-5-11(6-4-10)8(12)7-17(2,15)16/h3-7H2,1-2H3,(H,13,14). The summed E-state index contributed by atoms with van der Waals surface area (Å²) in [4.78, 5) is 24.0. The van der Waals surface area contributed by atoms with E-state index in [2.05, 4.69) is 0 Å². The van der Waals surface area contributed by atoms with Gasteiger partial charge >= 0.3 is 5.97 Å². The number of piperidine rings is 1. The van der Waals surface area contributed by atoms with E-state index in [9.17, 15) is 18.0 Å². The number of nitrogens with zero attached hydrogens (tertiary/aromatic N) is 1. The molecule has 98 valence electrons. The lowest BCUT2D eigenvalue weighted by atomic mass is 9.80. The minimum atomic E-state index is -3.33. The first-order valence-corrected chi connectivity index (χ1v) is 7.39. The molecule has 17 heavy (non-hydrogen) atoms. The second-order valence-corrected chi connectivity index (χ2v) is 6.96. The molecule has 1 fully saturated rings. The highest BCUT2D eigenvalue weighted by atomic mass is 32.2. The molecule has 0 aromatic rings. The van der Waals surface area contributed by atoms with Crippen molar-refractivity contribution in [1.82, 2.24) is 4.90 Å². The van der Waals surface area contributed by atoms with Crippen LogP contribution in [0, 0.1) is 5.41 Å². The van der Waals surface area contributed by atoms with Gasteiger partial charge in [-0.2, -0.15) is 0 Å². The third kappa shape index (κ3) is 3.69. The number of sulfone groups is 1. The van der Waals surface area contributed by atoms with Gasteiger partial charge in [0.05, 0.1) is 5.41 Å². The first-order valence-electron chi connectivity index (χ1n) is 5.33. The lowest BCUT2D eigenvalue weighted by Gasteiger charge is -2.36. The van der Waals surface area contributed by atoms with E-state index in [1.54, 1.807) is 6.92 Å². The van der Waals surface area contributed by atoms with E-state index < -0.39 is 32.9 Å². The van der Waals surface area contributed by atoms with Crippen LogP contribution in [0.25, 0.3) is 0 Å². The van der Waals surface area contributed by atoms with E-state index in [1.165, 1.54) is 4.90 Å². The number of aliphatic carboxylic acids is 1. The predicted molar refractivity (Wildman–Crippen MR) is 61.3 cm³/mol. The third-order valence-electron chi connectivity index (χ3n) is 3.12. The molecule has 0 atom stereocenters. The van der Waals surface area contributed by atoms with Gasteiger partial charge in [-0.3, -0.25) is 9.59 Å². The van der Waals surface area contributed by atoms with E-state index in [4.69, 9.17) is 5.11 Å². The molecule has 0 aliphatic carbocycles. The summed E-state index contributed by atoms with van der Waals surface area (Å²) in [6, 6.07) is 0. The van der Waals surface area contributed by atoms with E-state index in [0.717, 1.165) is 6.26 Å². The van der Waals surface area contributed by atoms with E-state index in [-0.39, 0.29) is 0 Å². The molecule has 1 saturated heterocycles. The molecule has 0 unspecified atom stereocenters. The minimum Gasteiger partial charge on any atom is -0.481 e. The van der Waals surface area contributed by atoms with Crippen molar-refractivity contribution in [2.45, 2.75) is 19.8 Å². The zero-order valence-corrected chi connectivity index (χ0v) is 10.8. The van der Waals surface area contributed by atoms with Crippen LogP contribution in [0.1, 0.15) is 19.8 Å². The largest absolute Gasteiger partial charge is 0.481 e. The van der Waals surface area contributed by atoms with E-state index in [0.29, 0.717) is 25.9 Å². The lowest BCUT2D eigenvalue weighted by molar-refractivity contribution is -0.152. The molecule has 1 amide bonds. The third-order valence-corrected chi connectivity index (χ3v) is 3.89. The van der Waals surface area contributed by atoms with Crippen LogP contribution in [0.5, 0.6) is 0 Å². The molecule has 1 rings (SSSR count). The van der Waals surface area contributed by atoms with Gasteiger partial charge in [0.2, 0.25) is 5.91 Å². The molecule has 1 aliphatic heterocycles. The maximum Gasteiger partial charge on any atom is 0.309 e. The van der Waals surface area contributed by atoms with Crippen molar-refractivity contribution in [1.29, 1.82) is 0 Å². The molecule has 0 saturated carbocycles. The maximum absolute atomic E-state index is 11.6. The minimum absolute atomic E-state index is 0.303. The SMILES string of the molecule is CC1(C(=O)O)CCN(C(=O)CS(C)(=O)=O)CC1. The zero-order chi connectivity index (χ0) is 13.3. The van der Waals surface area contributed by atoms with Crippen molar-refractivity contribution in [2.75, 3.05) is 25.1 Å². The molecule has 0 spiro atoms. The Balaban J connectivity index is 2.58. The van der Waals surface area contributed by atoms with Crippen LogP contribution < -0.4 is 0 Å². The van der Waals surface area contributed by atoms with Gasteiger partial charge in [0.15, 0.2) is 9.84 Å². The second kappa shape index (κ2) is 4.64. The fraction of sp³-hybridized carbons (Fsp3) is 0.800. The molecule has 1 aliphatic rings. The summed E-state index contributed by atoms with van der Waals surface area (Å²) in [5, 5.41) is 9.01. The summed E-state index contributed by atoms with van der Waals surface area (Å²) in [5.74, 6) is -1.82. The van der Waals surface area contributed by atoms with Crippen LogP contribution >= 0.6 is 0 Å². The Hall–Kier alpha value is -1.11. The van der Waals surface area contributed by atoms with Crippen molar-refractivity contribution in [3.8, 4) is 0 Å². The lowest BCUT2D eigenvalue weighted by Crippen LogP contribution is -2.46. The zero-order valence-electron chi connectivity index (χ0n) is 9.97. The van der Waals surface area contributed by atoms with Crippen molar-refractivity contribution < 1.29 is 23.1 Å². The van der Waals surface area contributed by atoms with Gasteiger partial charge in [-0.25, -0.2) is 8.42 Å². The van der Waals surface area contributed by atoms with Crippen LogP contribution in [-0.4, -0.2) is 55.4 Å². The van der Waals surface area contributed by atoms with E-state index >= 15 is 0 Å². The Labute approximate surface area is 101 Å². The summed E-state index contributed by atoms with van der Waals surface area (Å²) in [6.45, 7) is 2.25. The summed E-state index contributed by atoms with van der Waals surface area (Å²) in [7, 11) is -3.33. The average Bonchev–Trinajstić information content (AvgIpc) is 2.15. The van der Waals surface area contributed by atoms with Crippen LogP contribution in [0.2, 0.25) is 0 Å². The van der Waals surface area contributed by atoms with Gasteiger partial charge in [0.25, 0.3) is 0 Å². The molecular weight excluding hydrogens is 246 g/mol. The number of likely N-dealkylation sites (tertiary alicyclic amines) is 1. The maximum atomic E-state index is 11.6. The summed E-state index contributed by atoms with van der Waals surface area (Å²) >= 11 is 0. The van der Waals surface area contributed by atoms with Crippen LogP contribution in [0.3, 0.4) is 0 Å². The highest BCUT2D eigenvalue weighted by molar-refractivity contribution is 7.91. The molecule has 1 heterocycles. The Morgan fingerprint density at radius 1 is 1.29 bits per heavy atom. The van der Waals surface area contributed by atoms with Gasteiger partial charge in [-0.05, 0) is 19.8 Å². The van der Waals surface area contributed by atoms with Crippen molar-refractivity contribution >= 4 is 21.7 Å². The predicted octanol–water partition coefficient (Wildman–Crippen LogP) is -0.256. The number of carbonyl (C=O) groups is 2. The number of carboxylic acid groups (broad SMARTS) is 1. The number of rotatable bonds is 3. The quantitative estimate of drug-likeness (QED) is 0.757. The molecule has 0 bridgehead atoms. The second-order valence-electron chi connectivity index (χ2n) is 4.82. The molecule has 0 aromatic carbocycles. The number of hydrogen-bond acceptors (Lipinski definition) is 4. The Kier molecular flexibility index (Phi) is 3.81. The monoisotopic (exact) mass is 263 g/mol. The fourth-order valence-corrected chi connectivity index (χ4v) is 2.41.